The molecule has 0 amide bonds. The molecule has 418 valence electrons. The zero-order valence-electron chi connectivity index (χ0n) is 47.2. The van der Waals surface area contributed by atoms with Crippen LogP contribution in [0.5, 0.6) is 0 Å². The van der Waals surface area contributed by atoms with Crippen molar-refractivity contribution in [1.82, 2.24) is 49.0 Å². The van der Waals surface area contributed by atoms with Crippen LogP contribution in [0.15, 0.2) is 260 Å². The van der Waals surface area contributed by atoms with E-state index < -0.39 is 0 Å². The van der Waals surface area contributed by atoms with Gasteiger partial charge in [0.15, 0.2) is 29.1 Å². The first kappa shape index (κ1) is 48.5. The molecule has 20 aromatic rings. The average Bonchev–Trinajstić information content (AvgIpc) is 1.55. The van der Waals surface area contributed by atoms with Crippen molar-refractivity contribution in [3.63, 3.8) is 0 Å². The second-order valence-electron chi connectivity index (χ2n) is 22.6. The van der Waals surface area contributed by atoms with E-state index >= 15 is 0 Å². The lowest BCUT2D eigenvalue weighted by molar-refractivity contribution is 0.668. The zero-order chi connectivity index (χ0) is 58.7. The number of nitrogens with zero attached hydrogens (tertiary/aromatic N) is 10. The summed E-state index contributed by atoms with van der Waals surface area (Å²) in [4.78, 5) is 42.5. The summed E-state index contributed by atoms with van der Waals surface area (Å²) in [5, 5.41) is 11.9. The van der Waals surface area contributed by atoms with E-state index in [1.165, 1.54) is 0 Å². The highest BCUT2D eigenvalue weighted by molar-refractivity contribution is 6.24. The van der Waals surface area contributed by atoms with Gasteiger partial charge in [0.1, 0.15) is 50.5 Å². The molecular formula is C76H40N10O4. The van der Waals surface area contributed by atoms with Gasteiger partial charge in [0.25, 0.3) is 0 Å². The van der Waals surface area contributed by atoms with Crippen LogP contribution in [-0.2, 0) is 0 Å². The van der Waals surface area contributed by atoms with Gasteiger partial charge >= 0.3 is 0 Å². The highest BCUT2D eigenvalue weighted by Gasteiger charge is 2.26. The molecule has 14 heteroatoms. The highest BCUT2D eigenvalue weighted by Crippen LogP contribution is 2.43. The molecule has 20 rings (SSSR count). The van der Waals surface area contributed by atoms with Crippen molar-refractivity contribution in [2.75, 3.05) is 0 Å². The van der Waals surface area contributed by atoms with Crippen molar-refractivity contribution in [2.45, 2.75) is 0 Å². The largest absolute Gasteiger partial charge is 0.456 e. The summed E-state index contributed by atoms with van der Waals surface area (Å²) in [5.41, 5.74) is 13.0. The van der Waals surface area contributed by atoms with Crippen LogP contribution in [0.25, 0.3) is 200 Å². The van der Waals surface area contributed by atoms with Gasteiger partial charge in [-0.2, -0.15) is 9.97 Å². The number of para-hydroxylation sites is 6. The van der Waals surface area contributed by atoms with Gasteiger partial charge in [0.2, 0.25) is 11.8 Å². The Labute approximate surface area is 507 Å². The van der Waals surface area contributed by atoms with Gasteiger partial charge in [0.05, 0.1) is 22.1 Å². The summed E-state index contributed by atoms with van der Waals surface area (Å²) >= 11 is 0. The Morgan fingerprint density at radius 2 is 0.567 bits per heavy atom. The van der Waals surface area contributed by atoms with Crippen LogP contribution in [0, 0.1) is 0 Å². The molecule has 0 fully saturated rings. The molecule has 0 radical (unpaired) electrons. The maximum atomic E-state index is 6.33. The molecule has 9 aromatic heterocycles. The lowest BCUT2D eigenvalue weighted by Crippen LogP contribution is -2.08. The van der Waals surface area contributed by atoms with Crippen LogP contribution in [0.3, 0.4) is 0 Å². The molecule has 14 nitrogen and oxygen atoms in total. The summed E-state index contributed by atoms with van der Waals surface area (Å²) in [6.45, 7) is 0. The summed E-state index contributed by atoms with van der Waals surface area (Å²) < 4.78 is 29.6. The molecule has 0 saturated carbocycles. The molecule has 0 aliphatic carbocycles. The van der Waals surface area contributed by atoms with Crippen LogP contribution in [0.2, 0.25) is 0 Å². The minimum absolute atomic E-state index is 0.291. The number of hydrogen-bond acceptors (Lipinski definition) is 12. The molecular weight excluding hydrogens is 1120 g/mol. The zero-order valence-corrected chi connectivity index (χ0v) is 47.2. The van der Waals surface area contributed by atoms with E-state index in [4.69, 9.17) is 57.5 Å². The van der Waals surface area contributed by atoms with Crippen molar-refractivity contribution in [2.24, 2.45) is 0 Å². The molecule has 0 atom stereocenters. The Kier molecular flexibility index (Phi) is 9.93. The van der Waals surface area contributed by atoms with E-state index in [-0.39, 0.29) is 0 Å². The molecule has 0 N–H and O–H groups in total. The fourth-order valence-electron chi connectivity index (χ4n) is 13.4. The van der Waals surface area contributed by atoms with Gasteiger partial charge in [-0.3, -0.25) is 9.13 Å². The van der Waals surface area contributed by atoms with Crippen LogP contribution in [0.4, 0.5) is 0 Å². The maximum absolute atomic E-state index is 6.33. The summed E-state index contributed by atoms with van der Waals surface area (Å²) in [7, 11) is 0. The third-order valence-corrected chi connectivity index (χ3v) is 17.5. The van der Waals surface area contributed by atoms with E-state index in [0.717, 1.165) is 154 Å². The molecule has 11 aromatic carbocycles. The Hall–Kier alpha value is -12.7. The predicted molar refractivity (Wildman–Crippen MR) is 354 cm³/mol. The minimum atomic E-state index is 0.291. The number of furan rings is 4. The standard InChI is InChI=1S/C76H40N10O4/c1-7-19-57-45(13-1)51-29-30-52-46-14-2-8-20-58(46)86(76-83-72(43-27-33-65-55(39-43)49-17-5-11-23-61(49)89-65)80-73(84-76)44-28-34-66-56(40-44)50-18-6-12-24-62(50)90-66)69(52)68(51)85(57)67-35-36-77-74(78-67)75-81-70(41-25-31-63-53(37-41)47-15-3-9-21-59(47)87-63)79-71(82-75)42-26-32-64-54(38-42)48-16-4-10-22-60(48)88-64/h1-40H. The molecule has 0 spiro atoms. The summed E-state index contributed by atoms with van der Waals surface area (Å²) in [6, 6.07) is 79.8. The Morgan fingerprint density at radius 1 is 0.233 bits per heavy atom. The fraction of sp³-hybridized carbons (Fsp3) is 0. The molecule has 0 bridgehead atoms. The lowest BCUT2D eigenvalue weighted by Gasteiger charge is -2.13. The van der Waals surface area contributed by atoms with Gasteiger partial charge < -0.3 is 17.7 Å². The van der Waals surface area contributed by atoms with Crippen molar-refractivity contribution in [3.05, 3.63) is 243 Å². The Bertz CT molecular complexity index is 6200. The number of aromatic nitrogens is 10. The number of fused-ring (bicyclic) bond motifs is 19. The highest BCUT2D eigenvalue weighted by atomic mass is 16.3. The third-order valence-electron chi connectivity index (χ3n) is 17.5. The third kappa shape index (κ3) is 7.20. The normalized spacial score (nSPS) is 12.2. The van der Waals surface area contributed by atoms with E-state index in [0.29, 0.717) is 46.7 Å². The van der Waals surface area contributed by atoms with Crippen molar-refractivity contribution in [1.29, 1.82) is 0 Å². The summed E-state index contributed by atoms with van der Waals surface area (Å²) in [6.07, 6.45) is 1.77. The van der Waals surface area contributed by atoms with E-state index in [9.17, 15) is 0 Å². The smallest absolute Gasteiger partial charge is 0.238 e. The second kappa shape index (κ2) is 18.4. The van der Waals surface area contributed by atoms with Crippen molar-refractivity contribution >= 4 is 131 Å². The van der Waals surface area contributed by atoms with Crippen LogP contribution in [-0.4, -0.2) is 49.0 Å². The minimum Gasteiger partial charge on any atom is -0.456 e. The van der Waals surface area contributed by atoms with Crippen molar-refractivity contribution < 1.29 is 17.7 Å². The molecule has 0 aliphatic rings. The monoisotopic (exact) mass is 1160 g/mol. The van der Waals surface area contributed by atoms with E-state index in [1.807, 2.05) is 127 Å². The van der Waals surface area contributed by atoms with Crippen LogP contribution >= 0.6 is 0 Å². The summed E-state index contributed by atoms with van der Waals surface area (Å²) in [5.74, 6) is 3.49. The van der Waals surface area contributed by atoms with Crippen LogP contribution in [0.1, 0.15) is 0 Å². The van der Waals surface area contributed by atoms with Gasteiger partial charge in [0, 0.05) is 93.1 Å². The lowest BCUT2D eigenvalue weighted by atomic mass is 10.1. The molecule has 0 unspecified atom stereocenters. The molecule has 0 saturated heterocycles. The van der Waals surface area contributed by atoms with Crippen molar-refractivity contribution in [3.8, 4) is 69.0 Å². The second-order valence-corrected chi connectivity index (χ2v) is 22.6. The predicted octanol–water partition coefficient (Wildman–Crippen LogP) is 19.0. The Morgan fingerprint density at radius 3 is 0.989 bits per heavy atom. The molecule has 90 heavy (non-hydrogen) atoms. The van der Waals surface area contributed by atoms with E-state index in [1.54, 1.807) is 6.20 Å². The van der Waals surface area contributed by atoms with E-state index in [2.05, 4.69) is 118 Å². The van der Waals surface area contributed by atoms with Gasteiger partial charge in [-0.25, -0.2) is 29.9 Å². The first-order valence-electron chi connectivity index (χ1n) is 29.5. The van der Waals surface area contributed by atoms with Crippen LogP contribution < -0.4 is 0 Å². The first-order valence-corrected chi connectivity index (χ1v) is 29.5. The first-order chi connectivity index (χ1) is 44.5. The van der Waals surface area contributed by atoms with Gasteiger partial charge in [-0.05, 0) is 115 Å². The number of hydrogen-bond donors (Lipinski definition) is 0. The fourth-order valence-corrected chi connectivity index (χ4v) is 13.4. The number of benzene rings is 11. The van der Waals surface area contributed by atoms with Gasteiger partial charge in [-0.15, -0.1) is 0 Å². The number of rotatable bonds is 7. The van der Waals surface area contributed by atoms with Gasteiger partial charge in [-0.1, -0.05) is 121 Å². The molecule has 0 aliphatic heterocycles. The Balaban J connectivity index is 0.821. The quantitative estimate of drug-likeness (QED) is 0.148. The topological polar surface area (TPSA) is 166 Å². The molecule has 9 heterocycles. The SMILES string of the molecule is c1ccc2c(c1)oc1ccc(-c3nc(-c4ccc5oc6ccccc6c5c4)nc(-c4nccc(-n5c6ccccc6c6ccc7c8ccccc8n(-c8nc(-c9ccc%10oc%11ccccc%11c%10c9)nc(-c9ccc%10oc%11ccccc%11c%10c9)n8)c7c65)n4)n3)cc12. The average molecular weight is 1160 g/mol. The maximum Gasteiger partial charge on any atom is 0.238 e.